The molecule has 0 saturated carbocycles. The number of para-hydroxylation sites is 1. The molecule has 0 bridgehead atoms. The van der Waals surface area contributed by atoms with Gasteiger partial charge in [0.05, 0.1) is 0 Å². The second kappa shape index (κ2) is 3.77. The van der Waals surface area contributed by atoms with Gasteiger partial charge in [0.2, 0.25) is 0 Å². The largest absolute Gasteiger partial charge is 0.371 e. The van der Waals surface area contributed by atoms with Crippen molar-refractivity contribution in [3.63, 3.8) is 0 Å². The summed E-state index contributed by atoms with van der Waals surface area (Å²) < 4.78 is 0. The van der Waals surface area contributed by atoms with E-state index in [2.05, 4.69) is 41.4 Å². The Labute approximate surface area is 97.6 Å². The van der Waals surface area contributed by atoms with Gasteiger partial charge in [-0.2, -0.15) is 0 Å². The van der Waals surface area contributed by atoms with Gasteiger partial charge in [-0.05, 0) is 37.9 Å². The maximum atomic E-state index is 3.51. The zero-order chi connectivity index (χ0) is 11.0. The molecule has 1 aromatic rings. The van der Waals surface area contributed by atoms with Crippen molar-refractivity contribution in [1.29, 1.82) is 0 Å². The minimum atomic E-state index is 0.572. The predicted molar refractivity (Wildman–Crippen MR) is 67.9 cm³/mol. The summed E-state index contributed by atoms with van der Waals surface area (Å²) in [5.74, 6) is 0. The molecule has 86 valence electrons. The molecular weight excluding hydrogens is 196 g/mol. The average molecular weight is 216 g/mol. The molecule has 1 atom stereocenters. The van der Waals surface area contributed by atoms with Gasteiger partial charge < -0.3 is 10.2 Å². The normalized spacial score (nSPS) is 29.2. The maximum absolute atomic E-state index is 3.51. The molecule has 1 N–H and O–H groups in total. The monoisotopic (exact) mass is 216 g/mol. The molecule has 3 rings (SSSR count). The predicted octanol–water partition coefficient (Wildman–Crippen LogP) is 2.18. The summed E-state index contributed by atoms with van der Waals surface area (Å²) in [6.07, 6.45) is 2.71. The highest BCUT2D eigenvalue weighted by Gasteiger charge is 2.40. The van der Waals surface area contributed by atoms with Crippen LogP contribution in [0.3, 0.4) is 0 Å². The fourth-order valence-electron chi connectivity index (χ4n) is 3.20. The van der Waals surface area contributed by atoms with Crippen molar-refractivity contribution in [2.24, 2.45) is 5.41 Å². The average Bonchev–Trinajstić information content (AvgIpc) is 2.91. The van der Waals surface area contributed by atoms with Crippen molar-refractivity contribution in [2.75, 3.05) is 31.1 Å². The molecule has 0 amide bonds. The van der Waals surface area contributed by atoms with E-state index < -0.39 is 0 Å². The van der Waals surface area contributed by atoms with Crippen LogP contribution in [0.15, 0.2) is 24.3 Å². The quantitative estimate of drug-likeness (QED) is 0.774. The first-order valence-corrected chi connectivity index (χ1v) is 6.30. The van der Waals surface area contributed by atoms with Crippen LogP contribution in [0.4, 0.5) is 5.69 Å². The van der Waals surface area contributed by atoms with Crippen LogP contribution >= 0.6 is 0 Å². The maximum Gasteiger partial charge on any atom is 0.0396 e. The van der Waals surface area contributed by atoms with Crippen molar-refractivity contribution >= 4 is 5.69 Å². The highest BCUT2D eigenvalue weighted by atomic mass is 15.2. The second-order valence-corrected chi connectivity index (χ2v) is 5.38. The molecule has 2 aliphatic rings. The molecule has 0 aliphatic carbocycles. The Hall–Kier alpha value is -1.02. The standard InChI is InChI=1S/C14H20N2/c1-12-4-2-3-5-13(12)16-9-7-14(11-16)6-8-15-10-14/h2-5,15H,6-11H2,1H3. The Kier molecular flexibility index (Phi) is 2.40. The van der Waals surface area contributed by atoms with Gasteiger partial charge in [0, 0.05) is 30.7 Å². The smallest absolute Gasteiger partial charge is 0.0396 e. The van der Waals surface area contributed by atoms with Crippen molar-refractivity contribution in [3.8, 4) is 0 Å². The third-order valence-corrected chi connectivity index (χ3v) is 4.23. The van der Waals surface area contributed by atoms with E-state index in [1.54, 1.807) is 0 Å². The molecule has 2 nitrogen and oxygen atoms in total. The fraction of sp³-hybridized carbons (Fsp3) is 0.571. The van der Waals surface area contributed by atoms with E-state index in [4.69, 9.17) is 0 Å². The van der Waals surface area contributed by atoms with Gasteiger partial charge in [-0.3, -0.25) is 0 Å². The molecule has 2 heteroatoms. The van der Waals surface area contributed by atoms with E-state index in [1.807, 2.05) is 0 Å². The van der Waals surface area contributed by atoms with Crippen molar-refractivity contribution < 1.29 is 0 Å². The molecule has 1 spiro atoms. The van der Waals surface area contributed by atoms with Crippen LogP contribution in [0.2, 0.25) is 0 Å². The molecule has 0 radical (unpaired) electrons. The molecule has 2 heterocycles. The van der Waals surface area contributed by atoms with Crippen LogP contribution in [0.5, 0.6) is 0 Å². The van der Waals surface area contributed by atoms with Gasteiger partial charge in [-0.1, -0.05) is 18.2 Å². The van der Waals surface area contributed by atoms with E-state index in [-0.39, 0.29) is 0 Å². The van der Waals surface area contributed by atoms with Crippen LogP contribution in [0.25, 0.3) is 0 Å². The van der Waals surface area contributed by atoms with E-state index >= 15 is 0 Å². The lowest BCUT2D eigenvalue weighted by Crippen LogP contribution is -2.29. The lowest BCUT2D eigenvalue weighted by Gasteiger charge is -2.25. The summed E-state index contributed by atoms with van der Waals surface area (Å²) in [6.45, 7) is 7.11. The number of benzene rings is 1. The number of hydrogen-bond acceptors (Lipinski definition) is 2. The summed E-state index contributed by atoms with van der Waals surface area (Å²) in [5, 5.41) is 3.51. The molecule has 16 heavy (non-hydrogen) atoms. The van der Waals surface area contributed by atoms with E-state index in [0.717, 1.165) is 0 Å². The van der Waals surface area contributed by atoms with E-state index in [0.29, 0.717) is 5.41 Å². The Morgan fingerprint density at radius 1 is 1.25 bits per heavy atom. The zero-order valence-electron chi connectivity index (χ0n) is 10.00. The first-order chi connectivity index (χ1) is 7.79. The SMILES string of the molecule is Cc1ccccc1N1CCC2(CCNC2)C1. The summed E-state index contributed by atoms with van der Waals surface area (Å²) in [5.41, 5.74) is 3.42. The number of hydrogen-bond donors (Lipinski definition) is 1. The van der Waals surface area contributed by atoms with Gasteiger partial charge in [-0.15, -0.1) is 0 Å². The van der Waals surface area contributed by atoms with Crippen molar-refractivity contribution in [1.82, 2.24) is 5.32 Å². The van der Waals surface area contributed by atoms with Gasteiger partial charge in [-0.25, -0.2) is 0 Å². The van der Waals surface area contributed by atoms with Gasteiger partial charge in [0.15, 0.2) is 0 Å². The van der Waals surface area contributed by atoms with Gasteiger partial charge in [0.25, 0.3) is 0 Å². The third kappa shape index (κ3) is 1.61. The molecular formula is C14H20N2. The highest BCUT2D eigenvalue weighted by Crippen LogP contribution is 2.38. The summed E-state index contributed by atoms with van der Waals surface area (Å²) in [6, 6.07) is 8.76. The molecule has 1 aromatic carbocycles. The number of nitrogens with zero attached hydrogens (tertiary/aromatic N) is 1. The number of anilines is 1. The first kappa shape index (κ1) is 10.2. The van der Waals surface area contributed by atoms with Crippen LogP contribution in [-0.2, 0) is 0 Å². The molecule has 1 unspecified atom stereocenters. The Balaban J connectivity index is 1.81. The lowest BCUT2D eigenvalue weighted by atomic mass is 9.86. The van der Waals surface area contributed by atoms with E-state index in [1.165, 1.54) is 50.3 Å². The van der Waals surface area contributed by atoms with Gasteiger partial charge >= 0.3 is 0 Å². The number of nitrogens with one attached hydrogen (secondary N) is 1. The van der Waals surface area contributed by atoms with Gasteiger partial charge in [0.1, 0.15) is 0 Å². The Morgan fingerprint density at radius 3 is 2.88 bits per heavy atom. The topological polar surface area (TPSA) is 15.3 Å². The van der Waals surface area contributed by atoms with E-state index in [9.17, 15) is 0 Å². The molecule has 2 aliphatic heterocycles. The Bertz CT molecular complexity index is 380. The first-order valence-electron chi connectivity index (χ1n) is 6.30. The number of rotatable bonds is 1. The second-order valence-electron chi connectivity index (χ2n) is 5.38. The summed E-state index contributed by atoms with van der Waals surface area (Å²) in [4.78, 5) is 2.57. The summed E-state index contributed by atoms with van der Waals surface area (Å²) in [7, 11) is 0. The number of aryl methyl sites for hydroxylation is 1. The minimum Gasteiger partial charge on any atom is -0.371 e. The molecule has 0 aromatic heterocycles. The molecule has 2 saturated heterocycles. The molecule has 2 fully saturated rings. The minimum absolute atomic E-state index is 0.572. The van der Waals surface area contributed by atoms with Crippen LogP contribution in [0, 0.1) is 12.3 Å². The Morgan fingerprint density at radius 2 is 2.12 bits per heavy atom. The fourth-order valence-corrected chi connectivity index (χ4v) is 3.20. The van der Waals surface area contributed by atoms with Crippen LogP contribution < -0.4 is 10.2 Å². The lowest BCUT2D eigenvalue weighted by molar-refractivity contribution is 0.369. The third-order valence-electron chi connectivity index (χ3n) is 4.23. The summed E-state index contributed by atoms with van der Waals surface area (Å²) >= 11 is 0. The van der Waals surface area contributed by atoms with Crippen LogP contribution in [-0.4, -0.2) is 26.2 Å². The highest BCUT2D eigenvalue weighted by molar-refractivity contribution is 5.54. The van der Waals surface area contributed by atoms with Crippen molar-refractivity contribution in [2.45, 2.75) is 19.8 Å². The van der Waals surface area contributed by atoms with Crippen LogP contribution in [0.1, 0.15) is 18.4 Å². The zero-order valence-corrected chi connectivity index (χ0v) is 10.00. The van der Waals surface area contributed by atoms with Crippen molar-refractivity contribution in [3.05, 3.63) is 29.8 Å².